The minimum atomic E-state index is -3.34. The molecule has 1 amide bonds. The lowest BCUT2D eigenvalue weighted by Gasteiger charge is -2.42. The van der Waals surface area contributed by atoms with Crippen LogP contribution in [-0.2, 0) is 19.5 Å². The molecule has 128 valence electrons. The van der Waals surface area contributed by atoms with E-state index in [1.807, 2.05) is 0 Å². The summed E-state index contributed by atoms with van der Waals surface area (Å²) in [5.74, 6) is -0.118. The minimum absolute atomic E-state index is 0.118. The molecule has 2 aliphatic heterocycles. The first-order valence-electron chi connectivity index (χ1n) is 7.49. The summed E-state index contributed by atoms with van der Waals surface area (Å²) in [7, 11) is -3.34. The number of morpholine rings is 1. The number of ether oxygens (including phenoxy) is 2. The van der Waals surface area contributed by atoms with Crippen LogP contribution in [-0.4, -0.2) is 86.4 Å². The van der Waals surface area contributed by atoms with Gasteiger partial charge in [-0.05, 0) is 12.1 Å². The molecule has 9 heteroatoms. The average Bonchev–Trinajstić information content (AvgIpc) is 2.95. The van der Waals surface area contributed by atoms with Gasteiger partial charge in [-0.3, -0.25) is 4.79 Å². The highest BCUT2D eigenvalue weighted by atomic mass is 32.2. The van der Waals surface area contributed by atoms with E-state index >= 15 is 0 Å². The van der Waals surface area contributed by atoms with Gasteiger partial charge in [0, 0.05) is 25.8 Å². The molecule has 3 heterocycles. The fourth-order valence-electron chi connectivity index (χ4n) is 2.99. The third-order valence-corrected chi connectivity index (χ3v) is 5.40. The van der Waals surface area contributed by atoms with E-state index in [-0.39, 0.29) is 19.1 Å². The van der Waals surface area contributed by atoms with E-state index in [2.05, 4.69) is 4.98 Å². The molecule has 1 N–H and O–H groups in total. The average molecular weight is 343 g/mol. The van der Waals surface area contributed by atoms with E-state index in [1.54, 1.807) is 23.2 Å². The monoisotopic (exact) mass is 343 g/mol. The lowest BCUT2D eigenvalue weighted by molar-refractivity contribution is -0.129. The maximum Gasteiger partial charge on any atom is 0.270 e. The minimum Gasteiger partial charge on any atom is -0.377 e. The highest BCUT2D eigenvalue weighted by Gasteiger charge is 2.43. The summed E-state index contributed by atoms with van der Waals surface area (Å²) in [6, 6.07) is 3.49. The fourth-order valence-corrected chi connectivity index (χ4v) is 3.86. The van der Waals surface area contributed by atoms with Crippen molar-refractivity contribution >= 4 is 15.9 Å². The Morgan fingerprint density at radius 2 is 2.13 bits per heavy atom. The Morgan fingerprint density at radius 1 is 1.30 bits per heavy atom. The van der Waals surface area contributed by atoms with Crippen LogP contribution in [0.25, 0.3) is 0 Å². The highest BCUT2D eigenvalue weighted by Crippen LogP contribution is 2.24. The molecule has 3 rings (SSSR count). The van der Waals surface area contributed by atoms with Gasteiger partial charge in [0.15, 0.2) is 0 Å². The van der Waals surface area contributed by atoms with Gasteiger partial charge in [0.2, 0.25) is 10.0 Å². The van der Waals surface area contributed by atoms with E-state index in [4.69, 9.17) is 9.47 Å². The van der Waals surface area contributed by atoms with Crippen LogP contribution >= 0.6 is 0 Å². The number of H-pyrrole nitrogens is 1. The molecule has 0 aliphatic carbocycles. The zero-order valence-corrected chi connectivity index (χ0v) is 13.8. The predicted molar refractivity (Wildman–Crippen MR) is 82.6 cm³/mol. The van der Waals surface area contributed by atoms with Crippen LogP contribution in [0.2, 0.25) is 0 Å². The topological polar surface area (TPSA) is 91.9 Å². The third kappa shape index (κ3) is 3.57. The molecule has 2 aliphatic rings. The summed E-state index contributed by atoms with van der Waals surface area (Å²) < 4.78 is 36.6. The zero-order valence-electron chi connectivity index (χ0n) is 13.0. The van der Waals surface area contributed by atoms with Crippen molar-refractivity contribution in [3.63, 3.8) is 0 Å². The lowest BCUT2D eigenvalue weighted by atomic mass is 10.0. The SMILES string of the molecule is CS(=O)(=O)N1CCOCC2(CN(C(=O)c3ccc[nH]3)CCO2)C1. The van der Waals surface area contributed by atoms with Gasteiger partial charge in [-0.2, -0.15) is 4.31 Å². The molecule has 2 saturated heterocycles. The Labute approximate surface area is 135 Å². The Balaban J connectivity index is 1.79. The Bertz CT molecular complexity index is 660. The first-order valence-corrected chi connectivity index (χ1v) is 9.34. The predicted octanol–water partition coefficient (Wildman–Crippen LogP) is -0.482. The van der Waals surface area contributed by atoms with Crippen LogP contribution in [0.15, 0.2) is 18.3 Å². The zero-order chi connectivity index (χ0) is 16.5. The number of aromatic nitrogens is 1. The summed E-state index contributed by atoms with van der Waals surface area (Å²) in [5.41, 5.74) is -0.309. The number of hydrogen-bond acceptors (Lipinski definition) is 5. The molecule has 1 spiro atoms. The number of carbonyl (C=O) groups excluding carboxylic acids is 1. The number of sulfonamides is 1. The van der Waals surface area contributed by atoms with Gasteiger partial charge in [0.1, 0.15) is 11.3 Å². The maximum absolute atomic E-state index is 12.5. The highest BCUT2D eigenvalue weighted by molar-refractivity contribution is 7.88. The van der Waals surface area contributed by atoms with Crippen molar-refractivity contribution in [2.45, 2.75) is 5.60 Å². The van der Waals surface area contributed by atoms with Crippen molar-refractivity contribution in [3.8, 4) is 0 Å². The van der Waals surface area contributed by atoms with Crippen molar-refractivity contribution in [3.05, 3.63) is 24.0 Å². The summed E-state index contributed by atoms with van der Waals surface area (Å²) in [6.45, 7) is 2.22. The molecule has 0 saturated carbocycles. The van der Waals surface area contributed by atoms with E-state index in [0.717, 1.165) is 0 Å². The van der Waals surface area contributed by atoms with Gasteiger partial charge in [0.25, 0.3) is 5.91 Å². The Kier molecular flexibility index (Phi) is 4.45. The van der Waals surface area contributed by atoms with Crippen LogP contribution in [0.3, 0.4) is 0 Å². The molecule has 0 bridgehead atoms. The fraction of sp³-hybridized carbons (Fsp3) is 0.643. The molecular formula is C14H21N3O5S. The maximum atomic E-state index is 12.5. The molecule has 1 atom stereocenters. The standard InChI is InChI=1S/C14H21N3O5S/c1-23(19,20)17-6-7-21-11-14(10-17)9-16(5-8-22-14)13(18)12-3-2-4-15-12/h2-4,15H,5-11H2,1H3. The van der Waals surface area contributed by atoms with Crippen molar-refractivity contribution in [1.29, 1.82) is 0 Å². The van der Waals surface area contributed by atoms with Crippen molar-refractivity contribution in [1.82, 2.24) is 14.2 Å². The first-order chi connectivity index (χ1) is 10.9. The number of nitrogens with one attached hydrogen (secondary N) is 1. The molecular weight excluding hydrogens is 322 g/mol. The van der Waals surface area contributed by atoms with Crippen molar-refractivity contribution < 1.29 is 22.7 Å². The van der Waals surface area contributed by atoms with Gasteiger partial charge in [-0.25, -0.2) is 8.42 Å². The van der Waals surface area contributed by atoms with E-state index < -0.39 is 15.6 Å². The molecule has 0 aromatic carbocycles. The second kappa shape index (κ2) is 6.23. The summed E-state index contributed by atoms with van der Waals surface area (Å²) in [6.07, 6.45) is 2.88. The van der Waals surface area contributed by atoms with Crippen molar-refractivity contribution in [2.24, 2.45) is 0 Å². The molecule has 1 aromatic rings. The van der Waals surface area contributed by atoms with Gasteiger partial charge in [-0.1, -0.05) is 0 Å². The largest absolute Gasteiger partial charge is 0.377 e. The van der Waals surface area contributed by atoms with Crippen LogP contribution in [0.4, 0.5) is 0 Å². The van der Waals surface area contributed by atoms with Crippen molar-refractivity contribution in [2.75, 3.05) is 52.3 Å². The van der Waals surface area contributed by atoms with Crippen LogP contribution in [0, 0.1) is 0 Å². The summed E-state index contributed by atoms with van der Waals surface area (Å²) in [5, 5.41) is 0. The number of nitrogens with zero attached hydrogens (tertiary/aromatic N) is 2. The van der Waals surface area contributed by atoms with Gasteiger partial charge in [0.05, 0.1) is 32.6 Å². The first kappa shape index (κ1) is 16.4. The quantitative estimate of drug-likeness (QED) is 0.783. The van der Waals surface area contributed by atoms with Gasteiger partial charge < -0.3 is 19.4 Å². The number of rotatable bonds is 2. The van der Waals surface area contributed by atoms with Crippen LogP contribution in [0.1, 0.15) is 10.5 Å². The number of aromatic amines is 1. The molecule has 1 aromatic heterocycles. The Hall–Kier alpha value is -1.42. The van der Waals surface area contributed by atoms with Gasteiger partial charge in [-0.15, -0.1) is 0 Å². The molecule has 1 unspecified atom stereocenters. The van der Waals surface area contributed by atoms with Crippen LogP contribution in [0.5, 0.6) is 0 Å². The van der Waals surface area contributed by atoms with Crippen LogP contribution < -0.4 is 0 Å². The smallest absolute Gasteiger partial charge is 0.270 e. The second-order valence-electron chi connectivity index (χ2n) is 5.99. The number of amides is 1. The molecule has 0 radical (unpaired) electrons. The summed E-state index contributed by atoms with van der Waals surface area (Å²) in [4.78, 5) is 17.1. The van der Waals surface area contributed by atoms with E-state index in [1.165, 1.54) is 10.6 Å². The van der Waals surface area contributed by atoms with E-state index in [0.29, 0.717) is 38.5 Å². The normalized spacial score (nSPS) is 27.1. The summed E-state index contributed by atoms with van der Waals surface area (Å²) >= 11 is 0. The Morgan fingerprint density at radius 3 is 2.83 bits per heavy atom. The number of carbonyl (C=O) groups is 1. The molecule has 23 heavy (non-hydrogen) atoms. The number of hydrogen-bond donors (Lipinski definition) is 1. The molecule has 2 fully saturated rings. The van der Waals surface area contributed by atoms with Gasteiger partial charge >= 0.3 is 0 Å². The second-order valence-corrected chi connectivity index (χ2v) is 7.97. The third-order valence-electron chi connectivity index (χ3n) is 4.15. The van der Waals surface area contributed by atoms with E-state index in [9.17, 15) is 13.2 Å². The lowest BCUT2D eigenvalue weighted by Crippen LogP contribution is -2.60. The molecule has 8 nitrogen and oxygen atoms in total.